The van der Waals surface area contributed by atoms with Crippen molar-refractivity contribution >= 4 is 18.0 Å². The smallest absolute Gasteiger partial charge is 0.407 e. The van der Waals surface area contributed by atoms with Crippen molar-refractivity contribution in [1.29, 1.82) is 0 Å². The number of carbonyl (C=O) groups excluding carboxylic acids is 2. The lowest BCUT2D eigenvalue weighted by molar-refractivity contribution is -0.137. The van der Waals surface area contributed by atoms with Gasteiger partial charge in [-0.25, -0.2) is 4.79 Å². The minimum atomic E-state index is -0.914. The Labute approximate surface area is 174 Å². The van der Waals surface area contributed by atoms with E-state index < -0.39 is 18.0 Å². The maximum absolute atomic E-state index is 12.0. The summed E-state index contributed by atoms with van der Waals surface area (Å²) in [6.07, 6.45) is -0.286. The molecule has 1 aliphatic carbocycles. The molecule has 3 rings (SSSR count). The molecular formula is C23H22N2O5. The van der Waals surface area contributed by atoms with Gasteiger partial charge in [0, 0.05) is 18.9 Å². The van der Waals surface area contributed by atoms with Gasteiger partial charge >= 0.3 is 12.1 Å². The number of alkyl carbamates (subject to hydrolysis) is 1. The summed E-state index contributed by atoms with van der Waals surface area (Å²) in [5.74, 6) is 3.41. The van der Waals surface area contributed by atoms with E-state index in [1.807, 2.05) is 36.4 Å². The predicted octanol–water partition coefficient (Wildman–Crippen LogP) is 2.51. The second-order valence-corrected chi connectivity index (χ2v) is 6.73. The SMILES string of the molecule is O=C(O)CCCNC(=O)C#CCNC(=O)OCC1c2ccccc2-c2ccccc21. The Balaban J connectivity index is 1.44. The molecule has 0 saturated heterocycles. The highest BCUT2D eigenvalue weighted by molar-refractivity contribution is 5.93. The molecule has 0 spiro atoms. The normalized spacial score (nSPS) is 11.5. The summed E-state index contributed by atoms with van der Waals surface area (Å²) < 4.78 is 5.37. The number of carboxylic acids is 1. The minimum absolute atomic E-state index is 0.0168. The number of rotatable bonds is 7. The maximum atomic E-state index is 12.0. The fourth-order valence-corrected chi connectivity index (χ4v) is 3.38. The number of amides is 2. The Hall–Kier alpha value is -3.79. The lowest BCUT2D eigenvalue weighted by atomic mass is 9.98. The van der Waals surface area contributed by atoms with Crippen LogP contribution in [0.2, 0.25) is 0 Å². The third-order valence-corrected chi connectivity index (χ3v) is 4.72. The number of carboxylic acid groups (broad SMARTS) is 1. The van der Waals surface area contributed by atoms with Crippen molar-refractivity contribution in [3.05, 3.63) is 59.7 Å². The van der Waals surface area contributed by atoms with Crippen LogP contribution in [0.4, 0.5) is 4.79 Å². The number of hydrogen-bond acceptors (Lipinski definition) is 4. The summed E-state index contributed by atoms with van der Waals surface area (Å²) >= 11 is 0. The molecule has 0 bridgehead atoms. The van der Waals surface area contributed by atoms with Crippen molar-refractivity contribution in [2.75, 3.05) is 19.7 Å². The second-order valence-electron chi connectivity index (χ2n) is 6.73. The van der Waals surface area contributed by atoms with Gasteiger partial charge in [0.15, 0.2) is 0 Å². The summed E-state index contributed by atoms with van der Waals surface area (Å²) in [6.45, 7) is 0.413. The molecular weight excluding hydrogens is 384 g/mol. The number of benzene rings is 2. The fourth-order valence-electron chi connectivity index (χ4n) is 3.38. The molecule has 0 aliphatic heterocycles. The van der Waals surface area contributed by atoms with Crippen molar-refractivity contribution in [3.63, 3.8) is 0 Å². The topological polar surface area (TPSA) is 105 Å². The Morgan fingerprint density at radius 2 is 1.60 bits per heavy atom. The highest BCUT2D eigenvalue weighted by atomic mass is 16.5. The first kappa shape index (κ1) is 20.9. The van der Waals surface area contributed by atoms with Gasteiger partial charge in [-0.05, 0) is 34.6 Å². The maximum Gasteiger partial charge on any atom is 0.407 e. The van der Waals surface area contributed by atoms with Gasteiger partial charge < -0.3 is 20.5 Å². The average molecular weight is 406 g/mol. The third-order valence-electron chi connectivity index (χ3n) is 4.72. The Bertz CT molecular complexity index is 960. The molecule has 0 heterocycles. The van der Waals surface area contributed by atoms with E-state index in [0.29, 0.717) is 6.42 Å². The molecule has 30 heavy (non-hydrogen) atoms. The summed E-state index contributed by atoms with van der Waals surface area (Å²) in [5.41, 5.74) is 4.57. The zero-order chi connectivity index (χ0) is 21.3. The molecule has 0 atom stereocenters. The van der Waals surface area contributed by atoms with Crippen LogP contribution in [0.3, 0.4) is 0 Å². The third kappa shape index (κ3) is 5.39. The zero-order valence-electron chi connectivity index (χ0n) is 16.3. The number of hydrogen-bond donors (Lipinski definition) is 3. The first-order valence-electron chi connectivity index (χ1n) is 9.63. The van der Waals surface area contributed by atoms with Crippen LogP contribution >= 0.6 is 0 Å². The molecule has 2 aromatic rings. The van der Waals surface area contributed by atoms with Gasteiger partial charge in [-0.2, -0.15) is 0 Å². The molecule has 0 unspecified atom stereocenters. The first-order chi connectivity index (χ1) is 14.6. The molecule has 0 aromatic heterocycles. The van der Waals surface area contributed by atoms with Crippen LogP contribution in [-0.4, -0.2) is 42.8 Å². The van der Waals surface area contributed by atoms with Gasteiger partial charge in [0.05, 0.1) is 6.54 Å². The summed E-state index contributed by atoms with van der Waals surface area (Å²) in [6, 6.07) is 16.1. The molecule has 0 radical (unpaired) electrons. The molecule has 2 aromatic carbocycles. The van der Waals surface area contributed by atoms with Crippen LogP contribution in [-0.2, 0) is 14.3 Å². The largest absolute Gasteiger partial charge is 0.481 e. The monoisotopic (exact) mass is 406 g/mol. The molecule has 154 valence electrons. The predicted molar refractivity (Wildman–Crippen MR) is 111 cm³/mol. The lowest BCUT2D eigenvalue weighted by Gasteiger charge is -2.14. The number of aliphatic carboxylic acids is 1. The Morgan fingerprint density at radius 1 is 0.967 bits per heavy atom. The van der Waals surface area contributed by atoms with Gasteiger partial charge in [-0.3, -0.25) is 9.59 Å². The van der Waals surface area contributed by atoms with E-state index in [4.69, 9.17) is 9.84 Å². The Morgan fingerprint density at radius 3 is 2.23 bits per heavy atom. The number of carbonyl (C=O) groups is 3. The lowest BCUT2D eigenvalue weighted by Crippen LogP contribution is -2.27. The number of nitrogens with one attached hydrogen (secondary N) is 2. The van der Waals surface area contributed by atoms with E-state index in [9.17, 15) is 14.4 Å². The van der Waals surface area contributed by atoms with Crippen LogP contribution < -0.4 is 10.6 Å². The summed E-state index contributed by atoms with van der Waals surface area (Å²) in [5, 5.41) is 13.5. The summed E-state index contributed by atoms with van der Waals surface area (Å²) in [4.78, 5) is 33.9. The number of ether oxygens (including phenoxy) is 1. The highest BCUT2D eigenvalue weighted by Crippen LogP contribution is 2.44. The first-order valence-corrected chi connectivity index (χ1v) is 9.63. The fraction of sp³-hybridized carbons (Fsp3) is 0.261. The van der Waals surface area contributed by atoms with Crippen LogP contribution in [0.1, 0.15) is 29.9 Å². The van der Waals surface area contributed by atoms with Crippen molar-refractivity contribution in [2.24, 2.45) is 0 Å². The molecule has 2 amide bonds. The molecule has 7 heteroatoms. The van der Waals surface area contributed by atoms with E-state index in [2.05, 4.69) is 34.6 Å². The minimum Gasteiger partial charge on any atom is -0.481 e. The standard InChI is InChI=1S/C23H22N2O5/c26-21(24-13-6-12-22(27)28)11-5-14-25-23(29)30-15-20-18-9-3-1-7-16(18)17-8-2-4-10-19(17)20/h1-4,7-10,20H,6,12-15H2,(H,24,26)(H,25,29)(H,27,28). The van der Waals surface area contributed by atoms with Crippen molar-refractivity contribution < 1.29 is 24.2 Å². The van der Waals surface area contributed by atoms with Gasteiger partial charge in [0.2, 0.25) is 0 Å². The summed E-state index contributed by atoms with van der Waals surface area (Å²) in [7, 11) is 0. The van der Waals surface area contributed by atoms with Crippen LogP contribution in [0.5, 0.6) is 0 Å². The molecule has 7 nitrogen and oxygen atoms in total. The molecule has 3 N–H and O–H groups in total. The second kappa shape index (κ2) is 10.1. The van der Waals surface area contributed by atoms with Crippen LogP contribution in [0.15, 0.2) is 48.5 Å². The van der Waals surface area contributed by atoms with Crippen LogP contribution in [0, 0.1) is 11.8 Å². The highest BCUT2D eigenvalue weighted by Gasteiger charge is 2.28. The van der Waals surface area contributed by atoms with Crippen molar-refractivity contribution in [3.8, 4) is 23.0 Å². The zero-order valence-corrected chi connectivity index (χ0v) is 16.3. The van der Waals surface area contributed by atoms with Gasteiger partial charge in [0.1, 0.15) is 6.61 Å². The van der Waals surface area contributed by atoms with E-state index in [-0.39, 0.29) is 32.0 Å². The quantitative estimate of drug-likeness (QED) is 0.484. The van der Waals surface area contributed by atoms with Gasteiger partial charge in [-0.15, -0.1) is 0 Å². The molecule has 0 fully saturated rings. The van der Waals surface area contributed by atoms with E-state index >= 15 is 0 Å². The number of fused-ring (bicyclic) bond motifs is 3. The van der Waals surface area contributed by atoms with E-state index in [1.54, 1.807) is 0 Å². The molecule has 1 aliphatic rings. The van der Waals surface area contributed by atoms with Crippen molar-refractivity contribution in [2.45, 2.75) is 18.8 Å². The molecule has 0 saturated carbocycles. The average Bonchev–Trinajstić information content (AvgIpc) is 3.06. The van der Waals surface area contributed by atoms with Gasteiger partial charge in [-0.1, -0.05) is 54.5 Å². The van der Waals surface area contributed by atoms with Crippen molar-refractivity contribution in [1.82, 2.24) is 10.6 Å². The van der Waals surface area contributed by atoms with E-state index in [0.717, 1.165) is 22.3 Å². The van der Waals surface area contributed by atoms with E-state index in [1.165, 1.54) is 0 Å². The van der Waals surface area contributed by atoms with Gasteiger partial charge in [0.25, 0.3) is 5.91 Å². The van der Waals surface area contributed by atoms with Crippen LogP contribution in [0.25, 0.3) is 11.1 Å². The Kier molecular flexibility index (Phi) is 7.06.